The number of hydrogen-bond donors (Lipinski definition) is 1. The van der Waals surface area contributed by atoms with Crippen LogP contribution in [0.4, 0.5) is 4.39 Å². The first-order chi connectivity index (χ1) is 6.88. The predicted molar refractivity (Wildman–Crippen MR) is 60.7 cm³/mol. The van der Waals surface area contributed by atoms with Crippen molar-refractivity contribution >= 4 is 0 Å². The molecule has 1 unspecified atom stereocenters. The van der Waals surface area contributed by atoms with Crippen molar-refractivity contribution in [3.8, 4) is 0 Å². The zero-order valence-electron chi connectivity index (χ0n) is 9.63. The van der Waals surface area contributed by atoms with E-state index >= 15 is 0 Å². The molecule has 1 aromatic carbocycles. The summed E-state index contributed by atoms with van der Waals surface area (Å²) in [6.07, 6.45) is 0.608. The topological polar surface area (TPSA) is 20.2 Å². The standard InChI is InChI=1S/C13H19FO/c1-10(15)8-11-6-4-5-7-12(11)9-13(2,3)14/h4-7,10,15H,8-9H2,1-3H3. The van der Waals surface area contributed by atoms with Crippen LogP contribution in [0.25, 0.3) is 0 Å². The van der Waals surface area contributed by atoms with Gasteiger partial charge in [-0.3, -0.25) is 0 Å². The minimum Gasteiger partial charge on any atom is -0.393 e. The second kappa shape index (κ2) is 4.75. The Hall–Kier alpha value is -0.890. The first kappa shape index (κ1) is 12.2. The molecule has 0 saturated carbocycles. The van der Waals surface area contributed by atoms with Crippen LogP contribution in [0.3, 0.4) is 0 Å². The molecule has 0 aliphatic heterocycles. The van der Waals surface area contributed by atoms with E-state index in [-0.39, 0.29) is 6.10 Å². The van der Waals surface area contributed by atoms with Crippen LogP contribution in [0.1, 0.15) is 31.9 Å². The monoisotopic (exact) mass is 210 g/mol. The molecule has 1 rings (SSSR count). The van der Waals surface area contributed by atoms with Gasteiger partial charge in [0.15, 0.2) is 0 Å². The molecule has 0 spiro atoms. The molecule has 0 amide bonds. The molecule has 0 radical (unpaired) electrons. The maximum Gasteiger partial charge on any atom is 0.109 e. The third-order valence-corrected chi connectivity index (χ3v) is 2.24. The minimum atomic E-state index is -1.20. The van der Waals surface area contributed by atoms with Gasteiger partial charge in [0, 0.05) is 6.42 Å². The van der Waals surface area contributed by atoms with E-state index in [4.69, 9.17) is 0 Å². The highest BCUT2D eigenvalue weighted by atomic mass is 19.1. The molecule has 0 aromatic heterocycles. The smallest absolute Gasteiger partial charge is 0.109 e. The fourth-order valence-corrected chi connectivity index (χ4v) is 1.70. The second-order valence-electron chi connectivity index (χ2n) is 4.72. The number of rotatable bonds is 4. The molecule has 2 heteroatoms. The van der Waals surface area contributed by atoms with Gasteiger partial charge in [-0.15, -0.1) is 0 Å². The number of aliphatic hydroxyl groups excluding tert-OH is 1. The Labute approximate surface area is 90.9 Å². The maximum atomic E-state index is 13.5. The summed E-state index contributed by atoms with van der Waals surface area (Å²) in [7, 11) is 0. The average Bonchev–Trinajstić information content (AvgIpc) is 2.05. The number of halogens is 1. The molecule has 0 aliphatic rings. The van der Waals surface area contributed by atoms with Crippen LogP contribution in [0.5, 0.6) is 0 Å². The Morgan fingerprint density at radius 3 is 2.27 bits per heavy atom. The molecule has 84 valence electrons. The number of alkyl halides is 1. The fourth-order valence-electron chi connectivity index (χ4n) is 1.70. The van der Waals surface area contributed by atoms with Crippen LogP contribution >= 0.6 is 0 Å². The van der Waals surface area contributed by atoms with Crippen LogP contribution in [0.2, 0.25) is 0 Å². The lowest BCUT2D eigenvalue weighted by Gasteiger charge is -2.17. The lowest BCUT2D eigenvalue weighted by atomic mass is 9.93. The van der Waals surface area contributed by atoms with E-state index < -0.39 is 5.67 Å². The maximum absolute atomic E-state index is 13.5. The molecule has 1 atom stereocenters. The van der Waals surface area contributed by atoms with Gasteiger partial charge in [-0.25, -0.2) is 4.39 Å². The van der Waals surface area contributed by atoms with E-state index in [1.165, 1.54) is 0 Å². The highest BCUT2D eigenvalue weighted by Crippen LogP contribution is 2.20. The molecule has 1 nitrogen and oxygen atoms in total. The first-order valence-corrected chi connectivity index (χ1v) is 5.32. The molecular weight excluding hydrogens is 191 g/mol. The van der Waals surface area contributed by atoms with Crippen LogP contribution in [0, 0.1) is 0 Å². The van der Waals surface area contributed by atoms with E-state index in [1.807, 2.05) is 24.3 Å². The summed E-state index contributed by atoms with van der Waals surface area (Å²) in [5.41, 5.74) is 0.832. The van der Waals surface area contributed by atoms with E-state index in [0.29, 0.717) is 12.8 Å². The van der Waals surface area contributed by atoms with Crippen LogP contribution in [-0.2, 0) is 12.8 Å². The van der Waals surface area contributed by atoms with Crippen molar-refractivity contribution in [3.05, 3.63) is 35.4 Å². The molecule has 0 bridgehead atoms. The summed E-state index contributed by atoms with van der Waals surface area (Å²) in [5.74, 6) is 0. The average molecular weight is 210 g/mol. The Kier molecular flexibility index (Phi) is 3.86. The van der Waals surface area contributed by atoms with Gasteiger partial charge in [0.25, 0.3) is 0 Å². The van der Waals surface area contributed by atoms with Crippen molar-refractivity contribution in [2.75, 3.05) is 0 Å². The van der Waals surface area contributed by atoms with Gasteiger partial charge in [0.05, 0.1) is 6.10 Å². The Bertz CT molecular complexity index is 313. The van der Waals surface area contributed by atoms with E-state index in [1.54, 1.807) is 20.8 Å². The molecule has 1 N–H and O–H groups in total. The van der Waals surface area contributed by atoms with Crippen LogP contribution in [-0.4, -0.2) is 16.9 Å². The van der Waals surface area contributed by atoms with Gasteiger partial charge < -0.3 is 5.11 Å². The third-order valence-electron chi connectivity index (χ3n) is 2.24. The zero-order chi connectivity index (χ0) is 11.5. The highest BCUT2D eigenvalue weighted by molar-refractivity contribution is 5.28. The Morgan fingerprint density at radius 2 is 1.80 bits per heavy atom. The van der Waals surface area contributed by atoms with Crippen molar-refractivity contribution in [2.45, 2.75) is 45.4 Å². The van der Waals surface area contributed by atoms with E-state index in [9.17, 15) is 9.50 Å². The normalized spacial score (nSPS) is 13.9. The van der Waals surface area contributed by atoms with Gasteiger partial charge in [-0.05, 0) is 38.3 Å². The SMILES string of the molecule is CC(O)Cc1ccccc1CC(C)(C)F. The van der Waals surface area contributed by atoms with Crippen molar-refractivity contribution in [1.82, 2.24) is 0 Å². The first-order valence-electron chi connectivity index (χ1n) is 5.32. The Balaban J connectivity index is 2.86. The summed E-state index contributed by atoms with van der Waals surface area (Å²) in [4.78, 5) is 0. The third kappa shape index (κ3) is 4.43. The predicted octanol–water partition coefficient (Wildman–Crippen LogP) is 2.90. The number of aliphatic hydroxyl groups is 1. The summed E-state index contributed by atoms with van der Waals surface area (Å²) >= 11 is 0. The van der Waals surface area contributed by atoms with Crippen LogP contribution < -0.4 is 0 Å². The van der Waals surface area contributed by atoms with Gasteiger partial charge in [-0.1, -0.05) is 24.3 Å². The van der Waals surface area contributed by atoms with Crippen molar-refractivity contribution in [3.63, 3.8) is 0 Å². The fraction of sp³-hybridized carbons (Fsp3) is 0.538. The molecule has 1 aromatic rings. The van der Waals surface area contributed by atoms with Crippen molar-refractivity contribution < 1.29 is 9.50 Å². The molecular formula is C13H19FO. The number of benzene rings is 1. The Morgan fingerprint density at radius 1 is 1.27 bits per heavy atom. The highest BCUT2D eigenvalue weighted by Gasteiger charge is 2.18. The molecule has 0 heterocycles. The summed E-state index contributed by atoms with van der Waals surface area (Å²) < 4.78 is 13.5. The molecule has 0 fully saturated rings. The lowest BCUT2D eigenvalue weighted by molar-refractivity contribution is 0.193. The quantitative estimate of drug-likeness (QED) is 0.810. The van der Waals surface area contributed by atoms with Gasteiger partial charge in [-0.2, -0.15) is 0 Å². The zero-order valence-corrected chi connectivity index (χ0v) is 9.63. The molecule has 0 aliphatic carbocycles. The number of hydrogen-bond acceptors (Lipinski definition) is 1. The van der Waals surface area contributed by atoms with E-state index in [0.717, 1.165) is 11.1 Å². The summed E-state index contributed by atoms with van der Waals surface area (Å²) in [5, 5.41) is 9.33. The second-order valence-corrected chi connectivity index (χ2v) is 4.72. The molecule has 0 saturated heterocycles. The van der Waals surface area contributed by atoms with Gasteiger partial charge >= 0.3 is 0 Å². The lowest BCUT2D eigenvalue weighted by Crippen LogP contribution is -2.18. The van der Waals surface area contributed by atoms with E-state index in [2.05, 4.69) is 0 Å². The molecule has 15 heavy (non-hydrogen) atoms. The van der Waals surface area contributed by atoms with Crippen molar-refractivity contribution in [1.29, 1.82) is 0 Å². The van der Waals surface area contributed by atoms with Crippen LogP contribution in [0.15, 0.2) is 24.3 Å². The van der Waals surface area contributed by atoms with Gasteiger partial charge in [0.1, 0.15) is 5.67 Å². The van der Waals surface area contributed by atoms with Gasteiger partial charge in [0.2, 0.25) is 0 Å². The minimum absolute atomic E-state index is 0.381. The largest absolute Gasteiger partial charge is 0.393 e. The summed E-state index contributed by atoms with van der Waals surface area (Å²) in [6, 6.07) is 7.71. The summed E-state index contributed by atoms with van der Waals surface area (Å²) in [6.45, 7) is 4.90. The van der Waals surface area contributed by atoms with Crippen molar-refractivity contribution in [2.24, 2.45) is 0 Å².